The van der Waals surface area contributed by atoms with Gasteiger partial charge in [-0.05, 0) is 37.8 Å². The van der Waals surface area contributed by atoms with Gasteiger partial charge in [0.25, 0.3) is 5.91 Å². The number of benzene rings is 1. The van der Waals surface area contributed by atoms with E-state index in [1.807, 2.05) is 12.1 Å². The largest absolute Gasteiger partial charge is 0.481 e. The van der Waals surface area contributed by atoms with Crippen LogP contribution in [0.5, 0.6) is 0 Å². The van der Waals surface area contributed by atoms with Crippen molar-refractivity contribution >= 4 is 22.9 Å². The molecule has 1 aliphatic rings. The maximum atomic E-state index is 12.2. The molecule has 3 rings (SSSR count). The van der Waals surface area contributed by atoms with Gasteiger partial charge in [-0.2, -0.15) is 0 Å². The van der Waals surface area contributed by atoms with Crippen molar-refractivity contribution in [3.05, 3.63) is 30.1 Å². The number of nitrogens with zero attached hydrogens (tertiary/aromatic N) is 3. The SMILES string of the molecule is O=C(NC1CCC(C(=O)O)CC1)c1nnc2ccccc2n1. The van der Waals surface area contributed by atoms with Crippen molar-refractivity contribution in [1.29, 1.82) is 0 Å². The molecule has 1 saturated carbocycles. The summed E-state index contributed by atoms with van der Waals surface area (Å²) in [7, 11) is 0. The van der Waals surface area contributed by atoms with E-state index in [1.165, 1.54) is 0 Å². The van der Waals surface area contributed by atoms with Crippen molar-refractivity contribution < 1.29 is 14.7 Å². The number of hydrogen-bond acceptors (Lipinski definition) is 5. The second kappa shape index (κ2) is 6.05. The predicted molar refractivity (Wildman–Crippen MR) is 78.2 cm³/mol. The molecule has 0 radical (unpaired) electrons. The van der Waals surface area contributed by atoms with Crippen LogP contribution in [0.3, 0.4) is 0 Å². The number of carbonyl (C=O) groups excluding carboxylic acids is 1. The molecular formula is C15H16N4O3. The second-order valence-corrected chi connectivity index (χ2v) is 5.48. The van der Waals surface area contributed by atoms with Crippen molar-refractivity contribution in [3.8, 4) is 0 Å². The summed E-state index contributed by atoms with van der Waals surface area (Å²) in [6.07, 6.45) is 2.47. The highest BCUT2D eigenvalue weighted by molar-refractivity contribution is 5.92. The Morgan fingerprint density at radius 1 is 1.05 bits per heavy atom. The molecule has 1 aromatic heterocycles. The lowest BCUT2D eigenvalue weighted by molar-refractivity contribution is -0.142. The van der Waals surface area contributed by atoms with Gasteiger partial charge in [-0.3, -0.25) is 9.59 Å². The first-order valence-electron chi connectivity index (χ1n) is 7.26. The highest BCUT2D eigenvalue weighted by atomic mass is 16.4. The first-order valence-corrected chi connectivity index (χ1v) is 7.26. The molecule has 2 N–H and O–H groups in total. The van der Waals surface area contributed by atoms with Crippen LogP contribution < -0.4 is 5.32 Å². The minimum atomic E-state index is -0.758. The Morgan fingerprint density at radius 2 is 1.73 bits per heavy atom. The predicted octanol–water partition coefficient (Wildman–Crippen LogP) is 1.40. The van der Waals surface area contributed by atoms with E-state index in [0.29, 0.717) is 36.7 Å². The Kier molecular flexibility index (Phi) is 3.95. The van der Waals surface area contributed by atoms with Gasteiger partial charge in [0.15, 0.2) is 0 Å². The molecule has 1 aromatic carbocycles. The van der Waals surface area contributed by atoms with E-state index in [4.69, 9.17) is 5.11 Å². The summed E-state index contributed by atoms with van der Waals surface area (Å²) in [6, 6.07) is 7.19. The standard InChI is InChI=1S/C15H16N4O3/c20-14(16-10-7-5-9(6-8-10)15(21)22)13-17-11-3-1-2-4-12(11)18-19-13/h1-4,9-10H,5-8H2,(H,16,20)(H,21,22). The Morgan fingerprint density at radius 3 is 2.41 bits per heavy atom. The van der Waals surface area contributed by atoms with Gasteiger partial charge in [0.2, 0.25) is 5.82 Å². The zero-order chi connectivity index (χ0) is 15.5. The van der Waals surface area contributed by atoms with Crippen LogP contribution >= 0.6 is 0 Å². The Labute approximate surface area is 126 Å². The van der Waals surface area contributed by atoms with E-state index in [2.05, 4.69) is 20.5 Å². The fourth-order valence-electron chi connectivity index (χ4n) is 2.71. The third kappa shape index (κ3) is 3.03. The molecule has 1 amide bonds. The van der Waals surface area contributed by atoms with E-state index in [9.17, 15) is 9.59 Å². The summed E-state index contributed by atoms with van der Waals surface area (Å²) in [5.74, 6) is -1.38. The molecule has 0 spiro atoms. The molecule has 114 valence electrons. The highest BCUT2D eigenvalue weighted by Gasteiger charge is 2.27. The van der Waals surface area contributed by atoms with E-state index < -0.39 is 5.97 Å². The van der Waals surface area contributed by atoms with Gasteiger partial charge in [0, 0.05) is 6.04 Å². The molecule has 0 aliphatic heterocycles. The fourth-order valence-corrected chi connectivity index (χ4v) is 2.71. The number of carboxylic acid groups (broad SMARTS) is 1. The average Bonchev–Trinajstić information content (AvgIpc) is 2.55. The van der Waals surface area contributed by atoms with Crippen LogP contribution in [0.1, 0.15) is 36.3 Å². The third-order valence-electron chi connectivity index (χ3n) is 3.98. The van der Waals surface area contributed by atoms with E-state index in [1.54, 1.807) is 12.1 Å². The molecule has 1 heterocycles. The highest BCUT2D eigenvalue weighted by Crippen LogP contribution is 2.24. The number of carboxylic acids is 1. The van der Waals surface area contributed by atoms with Gasteiger partial charge < -0.3 is 10.4 Å². The third-order valence-corrected chi connectivity index (χ3v) is 3.98. The number of para-hydroxylation sites is 1. The van der Waals surface area contributed by atoms with Crippen LogP contribution in [0.2, 0.25) is 0 Å². The molecule has 22 heavy (non-hydrogen) atoms. The minimum Gasteiger partial charge on any atom is -0.481 e. The number of nitrogens with one attached hydrogen (secondary N) is 1. The molecule has 2 aromatic rings. The van der Waals surface area contributed by atoms with E-state index >= 15 is 0 Å². The van der Waals surface area contributed by atoms with Crippen LogP contribution in [-0.4, -0.2) is 38.2 Å². The molecule has 0 bridgehead atoms. The quantitative estimate of drug-likeness (QED) is 0.887. The summed E-state index contributed by atoms with van der Waals surface area (Å²) in [5.41, 5.74) is 1.26. The molecule has 0 atom stereocenters. The second-order valence-electron chi connectivity index (χ2n) is 5.48. The van der Waals surface area contributed by atoms with Crippen molar-refractivity contribution in [2.24, 2.45) is 5.92 Å². The number of rotatable bonds is 3. The Hall–Kier alpha value is -2.57. The van der Waals surface area contributed by atoms with Crippen LogP contribution in [0.25, 0.3) is 11.0 Å². The maximum absolute atomic E-state index is 12.2. The molecule has 0 unspecified atom stereocenters. The van der Waals surface area contributed by atoms with Crippen LogP contribution in [0.4, 0.5) is 0 Å². The van der Waals surface area contributed by atoms with Gasteiger partial charge in [-0.1, -0.05) is 12.1 Å². The number of aromatic nitrogens is 3. The van der Waals surface area contributed by atoms with E-state index in [-0.39, 0.29) is 23.7 Å². The molecule has 1 aliphatic carbocycles. The number of hydrogen-bond donors (Lipinski definition) is 2. The summed E-state index contributed by atoms with van der Waals surface area (Å²) >= 11 is 0. The van der Waals surface area contributed by atoms with Gasteiger partial charge in [-0.25, -0.2) is 4.98 Å². The fraction of sp³-hybridized carbons (Fsp3) is 0.400. The number of carbonyl (C=O) groups is 2. The normalized spacial score (nSPS) is 21.5. The molecular weight excluding hydrogens is 284 g/mol. The first kappa shape index (κ1) is 14.4. The molecule has 7 nitrogen and oxygen atoms in total. The lowest BCUT2D eigenvalue weighted by Gasteiger charge is -2.26. The Bertz CT molecular complexity index is 711. The summed E-state index contributed by atoms with van der Waals surface area (Å²) < 4.78 is 0. The van der Waals surface area contributed by atoms with Crippen molar-refractivity contribution in [2.75, 3.05) is 0 Å². The number of aliphatic carboxylic acids is 1. The first-order chi connectivity index (χ1) is 10.6. The summed E-state index contributed by atoms with van der Waals surface area (Å²) in [4.78, 5) is 27.3. The van der Waals surface area contributed by atoms with E-state index in [0.717, 1.165) is 0 Å². The molecule has 1 fully saturated rings. The smallest absolute Gasteiger partial charge is 0.306 e. The van der Waals surface area contributed by atoms with Gasteiger partial charge >= 0.3 is 5.97 Å². The molecule has 7 heteroatoms. The zero-order valence-electron chi connectivity index (χ0n) is 11.9. The number of amides is 1. The van der Waals surface area contributed by atoms with Gasteiger partial charge in [0.05, 0.1) is 11.4 Å². The van der Waals surface area contributed by atoms with Crippen molar-refractivity contribution in [2.45, 2.75) is 31.7 Å². The molecule has 0 saturated heterocycles. The van der Waals surface area contributed by atoms with Crippen LogP contribution in [0.15, 0.2) is 24.3 Å². The monoisotopic (exact) mass is 300 g/mol. The summed E-state index contributed by atoms with van der Waals surface area (Å²) in [5, 5.41) is 19.7. The topological polar surface area (TPSA) is 105 Å². The van der Waals surface area contributed by atoms with Crippen molar-refractivity contribution in [3.63, 3.8) is 0 Å². The maximum Gasteiger partial charge on any atom is 0.306 e. The minimum absolute atomic E-state index is 0.0295. The van der Waals surface area contributed by atoms with Crippen LogP contribution in [-0.2, 0) is 4.79 Å². The zero-order valence-corrected chi connectivity index (χ0v) is 11.9. The average molecular weight is 300 g/mol. The van der Waals surface area contributed by atoms with Gasteiger partial charge in [-0.15, -0.1) is 10.2 Å². The van der Waals surface area contributed by atoms with Crippen LogP contribution in [0, 0.1) is 5.92 Å². The Balaban J connectivity index is 1.65. The number of fused-ring (bicyclic) bond motifs is 1. The lowest BCUT2D eigenvalue weighted by atomic mass is 9.86. The van der Waals surface area contributed by atoms with Gasteiger partial charge in [0.1, 0.15) is 5.52 Å². The van der Waals surface area contributed by atoms with Crippen molar-refractivity contribution in [1.82, 2.24) is 20.5 Å². The lowest BCUT2D eigenvalue weighted by Crippen LogP contribution is -2.39. The summed E-state index contributed by atoms with van der Waals surface area (Å²) in [6.45, 7) is 0.